The van der Waals surface area contributed by atoms with Crippen LogP contribution >= 0.6 is 0 Å². The van der Waals surface area contributed by atoms with Gasteiger partial charge in [-0.05, 0) is 12.8 Å². The van der Waals surface area contributed by atoms with E-state index in [4.69, 9.17) is 10.8 Å². The molecule has 0 aliphatic heterocycles. The third-order valence-corrected chi connectivity index (χ3v) is 3.52. The summed E-state index contributed by atoms with van der Waals surface area (Å²) in [6.07, 6.45) is 5.49. The minimum absolute atomic E-state index is 0.0709. The Morgan fingerprint density at radius 3 is 2.52 bits per heavy atom. The highest BCUT2D eigenvalue weighted by molar-refractivity contribution is 6.03. The predicted molar refractivity (Wildman–Crippen MR) is 73.3 cm³/mol. The number of rotatable bonds is 4. The Hall–Kier alpha value is -2.64. The van der Waals surface area contributed by atoms with Gasteiger partial charge in [-0.1, -0.05) is 12.2 Å². The van der Waals surface area contributed by atoms with Crippen LogP contribution < -0.4 is 11.1 Å². The number of carbonyl (C=O) groups is 3. The maximum Gasteiger partial charge on any atom is 0.307 e. The average Bonchev–Trinajstić information content (AvgIpc) is 2.79. The van der Waals surface area contributed by atoms with Crippen LogP contribution in [0.2, 0.25) is 0 Å². The highest BCUT2D eigenvalue weighted by Gasteiger charge is 2.34. The molecular formula is C13H16N4O4. The van der Waals surface area contributed by atoms with Crippen LogP contribution in [0.3, 0.4) is 0 Å². The third kappa shape index (κ3) is 2.93. The lowest BCUT2D eigenvalue weighted by molar-refractivity contribution is -0.146. The minimum atomic E-state index is -1.01. The summed E-state index contributed by atoms with van der Waals surface area (Å²) in [5.74, 6) is -3.65. The van der Waals surface area contributed by atoms with Crippen molar-refractivity contribution >= 4 is 23.5 Å². The Morgan fingerprint density at radius 1 is 1.33 bits per heavy atom. The number of amides is 2. The van der Waals surface area contributed by atoms with Crippen molar-refractivity contribution in [2.24, 2.45) is 24.6 Å². The van der Waals surface area contributed by atoms with Crippen LogP contribution in [0, 0.1) is 11.8 Å². The fourth-order valence-corrected chi connectivity index (χ4v) is 2.42. The molecule has 1 aromatic heterocycles. The lowest BCUT2D eigenvalue weighted by Crippen LogP contribution is -2.35. The summed E-state index contributed by atoms with van der Waals surface area (Å²) in [5, 5.41) is 15.6. The second-order valence-electron chi connectivity index (χ2n) is 4.88. The van der Waals surface area contributed by atoms with E-state index in [9.17, 15) is 14.4 Å². The molecular weight excluding hydrogens is 276 g/mol. The molecule has 1 heterocycles. The summed E-state index contributed by atoms with van der Waals surface area (Å²) < 4.78 is 1.26. The van der Waals surface area contributed by atoms with E-state index in [1.165, 1.54) is 17.9 Å². The normalized spacial score (nSPS) is 21.0. The number of primary amides is 1. The van der Waals surface area contributed by atoms with E-state index in [0.29, 0.717) is 12.8 Å². The zero-order valence-electron chi connectivity index (χ0n) is 11.4. The summed E-state index contributed by atoms with van der Waals surface area (Å²) in [6.45, 7) is 0. The fraction of sp³-hybridized carbons (Fsp3) is 0.385. The number of nitrogens with zero attached hydrogens (tertiary/aromatic N) is 2. The van der Waals surface area contributed by atoms with E-state index < -0.39 is 29.6 Å². The Morgan fingerprint density at radius 2 is 1.95 bits per heavy atom. The van der Waals surface area contributed by atoms with Gasteiger partial charge in [-0.25, -0.2) is 0 Å². The molecule has 4 N–H and O–H groups in total. The number of aliphatic carboxylic acids is 1. The van der Waals surface area contributed by atoms with Gasteiger partial charge in [-0.15, -0.1) is 0 Å². The summed E-state index contributed by atoms with van der Waals surface area (Å²) in [7, 11) is 1.53. The Balaban J connectivity index is 2.20. The maximum atomic E-state index is 12.3. The molecule has 0 fully saturated rings. The van der Waals surface area contributed by atoms with Gasteiger partial charge in [-0.3, -0.25) is 19.1 Å². The first-order valence-corrected chi connectivity index (χ1v) is 6.42. The van der Waals surface area contributed by atoms with Crippen LogP contribution in [0.5, 0.6) is 0 Å². The molecule has 21 heavy (non-hydrogen) atoms. The third-order valence-electron chi connectivity index (χ3n) is 3.52. The number of carboxylic acid groups (broad SMARTS) is 1. The monoisotopic (exact) mass is 292 g/mol. The molecule has 1 aliphatic carbocycles. The zero-order valence-corrected chi connectivity index (χ0v) is 11.4. The van der Waals surface area contributed by atoms with Gasteiger partial charge in [-0.2, -0.15) is 5.10 Å². The number of aryl methyl sites for hydroxylation is 1. The van der Waals surface area contributed by atoms with Crippen molar-refractivity contribution < 1.29 is 19.5 Å². The number of nitrogens with one attached hydrogen (secondary N) is 1. The lowest BCUT2D eigenvalue weighted by atomic mass is 9.82. The number of aromatic nitrogens is 2. The molecule has 2 amide bonds. The highest BCUT2D eigenvalue weighted by atomic mass is 16.4. The topological polar surface area (TPSA) is 127 Å². The van der Waals surface area contributed by atoms with E-state index in [-0.39, 0.29) is 11.4 Å². The summed E-state index contributed by atoms with van der Waals surface area (Å²) in [5.41, 5.74) is 5.49. The van der Waals surface area contributed by atoms with Crippen molar-refractivity contribution in [1.82, 2.24) is 9.78 Å². The van der Waals surface area contributed by atoms with Gasteiger partial charge >= 0.3 is 5.97 Å². The number of carbonyl (C=O) groups excluding carboxylic acids is 2. The first-order valence-electron chi connectivity index (χ1n) is 6.42. The molecule has 0 aromatic carbocycles. The number of hydrogen-bond acceptors (Lipinski definition) is 4. The molecule has 0 saturated heterocycles. The molecule has 0 radical (unpaired) electrons. The van der Waals surface area contributed by atoms with E-state index in [1.54, 1.807) is 12.2 Å². The summed E-state index contributed by atoms with van der Waals surface area (Å²) in [4.78, 5) is 34.8. The maximum absolute atomic E-state index is 12.3. The molecule has 0 bridgehead atoms. The molecule has 1 aliphatic rings. The second-order valence-corrected chi connectivity index (χ2v) is 4.88. The van der Waals surface area contributed by atoms with Crippen LogP contribution in [-0.4, -0.2) is 32.7 Å². The number of carboxylic acids is 1. The lowest BCUT2D eigenvalue weighted by Gasteiger charge is -2.24. The van der Waals surface area contributed by atoms with Gasteiger partial charge in [0.2, 0.25) is 5.91 Å². The standard InChI is InChI=1S/C13H16N4O4/c1-17-10(11(14)18)9(6-15-17)16-12(19)7-4-2-3-5-8(7)13(20)21/h2-3,6-8H,4-5H2,1H3,(H2,14,18)(H,16,19)(H,20,21)/t7-,8-/m0/s1. The first kappa shape index (κ1) is 14.8. The van der Waals surface area contributed by atoms with Crippen LogP contribution in [0.4, 0.5) is 5.69 Å². The Labute approximate surface area is 120 Å². The van der Waals surface area contributed by atoms with Crippen LogP contribution in [0.15, 0.2) is 18.3 Å². The van der Waals surface area contributed by atoms with Crippen molar-refractivity contribution in [3.63, 3.8) is 0 Å². The van der Waals surface area contributed by atoms with Crippen LogP contribution in [0.25, 0.3) is 0 Å². The number of allylic oxidation sites excluding steroid dienone is 2. The Kier molecular flexibility index (Phi) is 4.06. The average molecular weight is 292 g/mol. The van der Waals surface area contributed by atoms with E-state index in [2.05, 4.69) is 10.4 Å². The summed E-state index contributed by atoms with van der Waals surface area (Å²) >= 11 is 0. The number of anilines is 1. The second kappa shape index (κ2) is 5.78. The molecule has 112 valence electrons. The molecule has 2 atom stereocenters. The van der Waals surface area contributed by atoms with Gasteiger partial charge in [0, 0.05) is 7.05 Å². The van der Waals surface area contributed by atoms with Crippen molar-refractivity contribution in [1.29, 1.82) is 0 Å². The van der Waals surface area contributed by atoms with Gasteiger partial charge in [0.15, 0.2) is 0 Å². The molecule has 0 unspecified atom stereocenters. The Bertz CT molecular complexity index is 620. The molecule has 8 heteroatoms. The van der Waals surface area contributed by atoms with E-state index in [1.807, 2.05) is 0 Å². The molecule has 8 nitrogen and oxygen atoms in total. The van der Waals surface area contributed by atoms with Crippen molar-refractivity contribution in [3.05, 3.63) is 24.0 Å². The predicted octanol–water partition coefficient (Wildman–Crippen LogP) is 0.125. The number of hydrogen-bond donors (Lipinski definition) is 3. The van der Waals surface area contributed by atoms with E-state index in [0.717, 1.165) is 0 Å². The highest BCUT2D eigenvalue weighted by Crippen LogP contribution is 2.27. The van der Waals surface area contributed by atoms with Crippen molar-refractivity contribution in [3.8, 4) is 0 Å². The van der Waals surface area contributed by atoms with Crippen molar-refractivity contribution in [2.75, 3.05) is 5.32 Å². The quantitative estimate of drug-likeness (QED) is 0.679. The van der Waals surface area contributed by atoms with Gasteiger partial charge in [0.1, 0.15) is 5.69 Å². The summed E-state index contributed by atoms with van der Waals surface area (Å²) in [6, 6.07) is 0. The van der Waals surface area contributed by atoms with E-state index >= 15 is 0 Å². The largest absolute Gasteiger partial charge is 0.481 e. The molecule has 0 saturated carbocycles. The zero-order chi connectivity index (χ0) is 15.6. The number of nitrogens with two attached hydrogens (primary N) is 1. The van der Waals surface area contributed by atoms with Gasteiger partial charge < -0.3 is 16.2 Å². The molecule has 1 aromatic rings. The smallest absolute Gasteiger partial charge is 0.307 e. The van der Waals surface area contributed by atoms with Crippen LogP contribution in [0.1, 0.15) is 23.3 Å². The van der Waals surface area contributed by atoms with Gasteiger partial charge in [0.05, 0.1) is 23.7 Å². The van der Waals surface area contributed by atoms with Gasteiger partial charge in [0.25, 0.3) is 5.91 Å². The van der Waals surface area contributed by atoms with Crippen molar-refractivity contribution in [2.45, 2.75) is 12.8 Å². The SMILES string of the molecule is Cn1ncc(NC(=O)[C@H]2CC=CC[C@@H]2C(=O)O)c1C(N)=O. The molecule has 0 spiro atoms. The minimum Gasteiger partial charge on any atom is -0.481 e. The molecule has 2 rings (SSSR count). The van der Waals surface area contributed by atoms with Crippen LogP contribution in [-0.2, 0) is 16.6 Å². The fourth-order valence-electron chi connectivity index (χ4n) is 2.42. The first-order chi connectivity index (χ1) is 9.91.